The van der Waals surface area contributed by atoms with E-state index in [9.17, 15) is 14.4 Å². The molecule has 0 saturated carbocycles. The molecule has 0 aromatic rings. The summed E-state index contributed by atoms with van der Waals surface area (Å²) in [6.45, 7) is 3.73. The first kappa shape index (κ1) is 13.1. The fourth-order valence-corrected chi connectivity index (χ4v) is 0.859. The van der Waals surface area contributed by atoms with Crippen LogP contribution in [0, 0.1) is 5.92 Å². The largest absolute Gasteiger partial charge is 0.299 e. The molecule has 0 bridgehead atoms. The quantitative estimate of drug-likeness (QED) is 0.489. The van der Waals surface area contributed by atoms with Crippen LogP contribution < -0.4 is 0 Å². The van der Waals surface area contributed by atoms with Gasteiger partial charge >= 0.3 is 0 Å². The van der Waals surface area contributed by atoms with Crippen molar-refractivity contribution in [3.05, 3.63) is 0 Å². The predicted octanol–water partition coefficient (Wildman–Crippen LogP) is 0.367. The number of hydrogen-bond donors (Lipinski definition) is 0. The van der Waals surface area contributed by atoms with Crippen molar-refractivity contribution in [3.8, 4) is 0 Å². The van der Waals surface area contributed by atoms with Crippen LogP contribution in [0.4, 0.5) is 0 Å². The number of ketones is 3. The number of carbonyl (C=O) groups excluding carboxylic acids is 3. The Morgan fingerprint density at radius 1 is 0.818 bits per heavy atom. The van der Waals surface area contributed by atoms with Crippen LogP contribution in [0.3, 0.4) is 0 Å². The third kappa shape index (κ3) is 4.04. The Bertz CT molecular complexity index is 153. The molecule has 0 fully saturated rings. The van der Waals surface area contributed by atoms with E-state index >= 15 is 0 Å². The second-order valence-electron chi connectivity index (χ2n) is 2.26. The van der Waals surface area contributed by atoms with Gasteiger partial charge in [0.05, 0.1) is 0 Å². The van der Waals surface area contributed by atoms with Crippen molar-refractivity contribution in [1.29, 1.82) is 0 Å². The molecule has 0 spiro atoms. The van der Waals surface area contributed by atoms with Crippen molar-refractivity contribution < 1.29 is 30.9 Å². The maximum absolute atomic E-state index is 10.6. The molecule has 0 radical (unpaired) electrons. The monoisotopic (exact) mass is 200 g/mol. The van der Waals surface area contributed by atoms with E-state index in [0.29, 0.717) is 0 Å². The Hall–Kier alpha value is -0.496. The number of Topliss-reactive ketones (excluding diaryl/α,β-unsaturated/α-hetero) is 3. The standard InChI is InChI=1S/C7H10O3.Ni/c1-4(8)7(5(2)9)6(3)10;/h7H,1-3H3;. The van der Waals surface area contributed by atoms with Crippen LogP contribution in [0.2, 0.25) is 0 Å². The molecule has 66 valence electrons. The minimum atomic E-state index is -1.03. The van der Waals surface area contributed by atoms with Crippen molar-refractivity contribution in [2.75, 3.05) is 0 Å². The molecular weight excluding hydrogens is 191 g/mol. The van der Waals surface area contributed by atoms with E-state index in [1.807, 2.05) is 0 Å². The second kappa shape index (κ2) is 5.19. The van der Waals surface area contributed by atoms with E-state index in [2.05, 4.69) is 0 Å². The number of rotatable bonds is 3. The van der Waals surface area contributed by atoms with Crippen molar-refractivity contribution in [2.24, 2.45) is 5.92 Å². The summed E-state index contributed by atoms with van der Waals surface area (Å²) in [5.41, 5.74) is 0. The molecule has 11 heavy (non-hydrogen) atoms. The molecule has 0 heterocycles. The minimum Gasteiger partial charge on any atom is -0.299 e. The van der Waals surface area contributed by atoms with Gasteiger partial charge in [0, 0.05) is 16.5 Å². The summed E-state index contributed by atoms with van der Waals surface area (Å²) >= 11 is 0. The average molecular weight is 201 g/mol. The van der Waals surface area contributed by atoms with Crippen molar-refractivity contribution in [3.63, 3.8) is 0 Å². The normalized spacial score (nSPS) is 8.73. The molecule has 0 atom stereocenters. The summed E-state index contributed by atoms with van der Waals surface area (Å²) in [7, 11) is 0. The van der Waals surface area contributed by atoms with Gasteiger partial charge in [-0.3, -0.25) is 14.4 Å². The Morgan fingerprint density at radius 2 is 1.00 bits per heavy atom. The Kier molecular flexibility index (Phi) is 6.19. The molecule has 0 rings (SSSR count). The van der Waals surface area contributed by atoms with E-state index in [-0.39, 0.29) is 33.8 Å². The zero-order valence-electron chi connectivity index (χ0n) is 6.62. The van der Waals surface area contributed by atoms with E-state index in [1.54, 1.807) is 0 Å². The molecule has 0 aliphatic carbocycles. The molecule has 0 aromatic carbocycles. The molecule has 4 heteroatoms. The topological polar surface area (TPSA) is 51.2 Å². The van der Waals surface area contributed by atoms with Gasteiger partial charge in [-0.25, -0.2) is 0 Å². The summed E-state index contributed by atoms with van der Waals surface area (Å²) in [4.78, 5) is 31.8. The Labute approximate surface area is 75.5 Å². The third-order valence-electron chi connectivity index (χ3n) is 1.22. The smallest absolute Gasteiger partial charge is 0.147 e. The number of hydrogen-bond acceptors (Lipinski definition) is 3. The van der Waals surface area contributed by atoms with Crippen molar-refractivity contribution in [2.45, 2.75) is 20.8 Å². The average Bonchev–Trinajstić information content (AvgIpc) is 1.59. The second-order valence-corrected chi connectivity index (χ2v) is 2.26. The van der Waals surface area contributed by atoms with Gasteiger partial charge in [-0.05, 0) is 20.8 Å². The molecule has 0 unspecified atom stereocenters. The van der Waals surface area contributed by atoms with Crippen LogP contribution >= 0.6 is 0 Å². The summed E-state index contributed by atoms with van der Waals surface area (Å²) in [6, 6.07) is 0. The Morgan fingerprint density at radius 3 is 1.00 bits per heavy atom. The number of carbonyl (C=O) groups is 3. The van der Waals surface area contributed by atoms with E-state index in [1.165, 1.54) is 20.8 Å². The first-order chi connectivity index (χ1) is 4.46. The van der Waals surface area contributed by atoms with Crippen molar-refractivity contribution >= 4 is 17.3 Å². The van der Waals surface area contributed by atoms with E-state index < -0.39 is 5.92 Å². The molecular formula is C7H10NiO3. The Balaban J connectivity index is 0. The molecule has 0 amide bonds. The van der Waals surface area contributed by atoms with Gasteiger partial charge in [0.25, 0.3) is 0 Å². The molecule has 0 N–H and O–H groups in total. The van der Waals surface area contributed by atoms with Crippen LogP contribution in [0.25, 0.3) is 0 Å². The summed E-state index contributed by atoms with van der Waals surface area (Å²) in [6.07, 6.45) is 0. The van der Waals surface area contributed by atoms with E-state index in [4.69, 9.17) is 0 Å². The van der Waals surface area contributed by atoms with Crippen LogP contribution in [-0.4, -0.2) is 17.3 Å². The maximum atomic E-state index is 10.6. The van der Waals surface area contributed by atoms with Crippen LogP contribution in [0.15, 0.2) is 0 Å². The zero-order valence-corrected chi connectivity index (χ0v) is 7.61. The van der Waals surface area contributed by atoms with Crippen LogP contribution in [0.1, 0.15) is 20.8 Å². The third-order valence-corrected chi connectivity index (χ3v) is 1.22. The van der Waals surface area contributed by atoms with Gasteiger partial charge in [-0.15, -0.1) is 0 Å². The van der Waals surface area contributed by atoms with Crippen molar-refractivity contribution in [1.82, 2.24) is 0 Å². The molecule has 3 nitrogen and oxygen atoms in total. The van der Waals surface area contributed by atoms with Gasteiger partial charge < -0.3 is 0 Å². The van der Waals surface area contributed by atoms with E-state index in [0.717, 1.165) is 0 Å². The first-order valence-corrected chi connectivity index (χ1v) is 2.98. The zero-order chi connectivity index (χ0) is 8.31. The van der Waals surface area contributed by atoms with Gasteiger partial charge in [0.2, 0.25) is 0 Å². The molecule has 0 aromatic heterocycles. The fraction of sp³-hybridized carbons (Fsp3) is 0.571. The first-order valence-electron chi connectivity index (χ1n) is 2.98. The molecule has 0 saturated heterocycles. The molecule has 0 aliphatic rings. The molecule has 0 aliphatic heterocycles. The predicted molar refractivity (Wildman–Crippen MR) is 35.5 cm³/mol. The summed E-state index contributed by atoms with van der Waals surface area (Å²) in [5.74, 6) is -2.15. The van der Waals surface area contributed by atoms with Gasteiger partial charge in [0.15, 0.2) is 0 Å². The maximum Gasteiger partial charge on any atom is 0.147 e. The van der Waals surface area contributed by atoms with Crippen LogP contribution in [-0.2, 0) is 30.9 Å². The van der Waals surface area contributed by atoms with Gasteiger partial charge in [0.1, 0.15) is 23.3 Å². The summed E-state index contributed by atoms with van der Waals surface area (Å²) < 4.78 is 0. The summed E-state index contributed by atoms with van der Waals surface area (Å²) in [5, 5.41) is 0. The van der Waals surface area contributed by atoms with Crippen LogP contribution in [0.5, 0.6) is 0 Å². The van der Waals surface area contributed by atoms with Gasteiger partial charge in [-0.1, -0.05) is 0 Å². The minimum absolute atomic E-state index is 0. The SMILES string of the molecule is CC(=O)C(C(C)=O)C(C)=O.[Ni]. The fourth-order valence-electron chi connectivity index (χ4n) is 0.859. The van der Waals surface area contributed by atoms with Gasteiger partial charge in [-0.2, -0.15) is 0 Å².